The van der Waals surface area contributed by atoms with E-state index in [9.17, 15) is 14.0 Å². The minimum absolute atomic E-state index is 0.000962. The van der Waals surface area contributed by atoms with Crippen molar-refractivity contribution in [2.75, 3.05) is 6.54 Å². The summed E-state index contributed by atoms with van der Waals surface area (Å²) in [5.74, 6) is -0.583. The Morgan fingerprint density at radius 1 is 0.966 bits per heavy atom. The fraction of sp³-hybridized carbons (Fsp3) is 0.273. The zero-order chi connectivity index (χ0) is 20.8. The van der Waals surface area contributed by atoms with Gasteiger partial charge in [-0.15, -0.1) is 22.7 Å². The minimum atomic E-state index is -0.308. The smallest absolute Gasteiger partial charge is 0.264 e. The topological polar surface area (TPSA) is 40.6 Å². The van der Waals surface area contributed by atoms with Crippen LogP contribution in [-0.2, 0) is 17.9 Å². The second-order valence-corrected chi connectivity index (χ2v) is 8.94. The molecule has 2 aromatic heterocycles. The van der Waals surface area contributed by atoms with Gasteiger partial charge in [0.1, 0.15) is 12.4 Å². The zero-order valence-electron chi connectivity index (χ0n) is 16.4. The Balaban J connectivity index is 1.78. The molecule has 29 heavy (non-hydrogen) atoms. The van der Waals surface area contributed by atoms with Gasteiger partial charge in [-0.2, -0.15) is 0 Å². The number of thiophene rings is 2. The van der Waals surface area contributed by atoms with Gasteiger partial charge in [-0.05, 0) is 54.4 Å². The van der Waals surface area contributed by atoms with Crippen LogP contribution in [0.3, 0.4) is 0 Å². The van der Waals surface area contributed by atoms with Crippen molar-refractivity contribution in [2.24, 2.45) is 0 Å². The summed E-state index contributed by atoms with van der Waals surface area (Å²) in [4.78, 5) is 31.0. The highest BCUT2D eigenvalue weighted by atomic mass is 32.1. The van der Waals surface area contributed by atoms with Crippen molar-refractivity contribution in [1.82, 2.24) is 9.80 Å². The lowest BCUT2D eigenvalue weighted by atomic mass is 10.2. The highest BCUT2D eigenvalue weighted by Gasteiger charge is 2.25. The molecule has 152 valence electrons. The molecular formula is C22H23FN2O2S2. The first kappa shape index (κ1) is 21.2. The first-order chi connectivity index (χ1) is 13.9. The molecule has 0 aliphatic carbocycles. The summed E-state index contributed by atoms with van der Waals surface area (Å²) in [5.41, 5.74) is 0.844. The number of hydrogen-bond donors (Lipinski definition) is 0. The quantitative estimate of drug-likeness (QED) is 0.503. The van der Waals surface area contributed by atoms with Crippen LogP contribution >= 0.6 is 22.7 Å². The van der Waals surface area contributed by atoms with Gasteiger partial charge < -0.3 is 9.80 Å². The molecule has 0 radical (unpaired) electrons. The molecule has 1 aromatic carbocycles. The molecule has 0 aliphatic rings. The Kier molecular flexibility index (Phi) is 7.17. The second-order valence-electron chi connectivity index (χ2n) is 6.96. The van der Waals surface area contributed by atoms with Crippen molar-refractivity contribution in [1.29, 1.82) is 0 Å². The van der Waals surface area contributed by atoms with Crippen molar-refractivity contribution in [3.8, 4) is 0 Å². The molecule has 0 atom stereocenters. The number of benzene rings is 1. The fourth-order valence-corrected chi connectivity index (χ4v) is 4.31. The molecule has 0 N–H and O–H groups in total. The maximum Gasteiger partial charge on any atom is 0.264 e. The summed E-state index contributed by atoms with van der Waals surface area (Å²) < 4.78 is 13.3. The number of halogens is 1. The first-order valence-electron chi connectivity index (χ1n) is 9.33. The number of carbonyl (C=O) groups excluding carboxylic acids is 2. The molecule has 0 fully saturated rings. The predicted octanol–water partition coefficient (Wildman–Crippen LogP) is 5.03. The van der Waals surface area contributed by atoms with Crippen molar-refractivity contribution < 1.29 is 14.0 Å². The van der Waals surface area contributed by atoms with Crippen LogP contribution in [0.5, 0.6) is 0 Å². The van der Waals surface area contributed by atoms with Gasteiger partial charge in [-0.1, -0.05) is 24.3 Å². The standard InChI is InChI=1S/C22H23FN2O2S2/c1-16(2)25(22(27)20-6-4-12-29-20)15-21(26)24(14-19-5-3-11-28-19)13-17-7-9-18(23)10-8-17/h3-12,16H,13-15H2,1-2H3. The molecule has 0 saturated heterocycles. The molecule has 2 heterocycles. The van der Waals surface area contributed by atoms with E-state index < -0.39 is 0 Å². The molecule has 0 bridgehead atoms. The lowest BCUT2D eigenvalue weighted by molar-refractivity contribution is -0.133. The summed E-state index contributed by atoms with van der Waals surface area (Å²) in [6.45, 7) is 4.62. The third-order valence-electron chi connectivity index (χ3n) is 4.49. The molecule has 2 amide bonds. The van der Waals surface area contributed by atoms with E-state index >= 15 is 0 Å². The zero-order valence-corrected chi connectivity index (χ0v) is 18.0. The van der Waals surface area contributed by atoms with E-state index in [4.69, 9.17) is 0 Å². The molecule has 4 nitrogen and oxygen atoms in total. The van der Waals surface area contributed by atoms with Gasteiger partial charge in [0.05, 0.1) is 11.4 Å². The van der Waals surface area contributed by atoms with Crippen molar-refractivity contribution in [2.45, 2.75) is 33.0 Å². The van der Waals surface area contributed by atoms with Gasteiger partial charge >= 0.3 is 0 Å². The van der Waals surface area contributed by atoms with Crippen molar-refractivity contribution in [3.63, 3.8) is 0 Å². The Morgan fingerprint density at radius 2 is 1.66 bits per heavy atom. The molecule has 3 rings (SSSR count). The van der Waals surface area contributed by atoms with Crippen LogP contribution in [0.15, 0.2) is 59.3 Å². The SMILES string of the molecule is CC(C)N(CC(=O)N(Cc1ccc(F)cc1)Cc1cccs1)C(=O)c1cccs1. The van der Waals surface area contributed by atoms with E-state index in [1.165, 1.54) is 23.5 Å². The average Bonchev–Trinajstić information content (AvgIpc) is 3.40. The van der Waals surface area contributed by atoms with E-state index in [2.05, 4.69) is 0 Å². The first-order valence-corrected chi connectivity index (χ1v) is 11.1. The second kappa shape index (κ2) is 9.80. The maximum atomic E-state index is 13.3. The van der Waals surface area contributed by atoms with Gasteiger partial charge in [0.2, 0.25) is 5.91 Å². The molecular weight excluding hydrogens is 407 g/mol. The number of carbonyl (C=O) groups is 2. The largest absolute Gasteiger partial charge is 0.332 e. The van der Waals surface area contributed by atoms with E-state index in [0.29, 0.717) is 18.0 Å². The molecule has 0 aliphatic heterocycles. The average molecular weight is 431 g/mol. The fourth-order valence-electron chi connectivity index (χ4n) is 2.91. The van der Waals surface area contributed by atoms with Crippen LogP contribution in [0.25, 0.3) is 0 Å². The summed E-state index contributed by atoms with van der Waals surface area (Å²) >= 11 is 2.95. The molecule has 7 heteroatoms. The predicted molar refractivity (Wildman–Crippen MR) is 115 cm³/mol. The normalized spacial score (nSPS) is 10.9. The van der Waals surface area contributed by atoms with E-state index in [1.807, 2.05) is 42.8 Å². The van der Waals surface area contributed by atoms with Crippen molar-refractivity contribution >= 4 is 34.5 Å². The van der Waals surface area contributed by atoms with Gasteiger partial charge in [0.25, 0.3) is 5.91 Å². The summed E-state index contributed by atoms with van der Waals surface area (Å²) in [6, 6.07) is 13.6. The highest BCUT2D eigenvalue weighted by molar-refractivity contribution is 7.12. The Labute approximate surface area is 178 Å². The van der Waals surface area contributed by atoms with Crippen LogP contribution in [-0.4, -0.2) is 34.2 Å². The number of nitrogens with zero attached hydrogens (tertiary/aromatic N) is 2. The third kappa shape index (κ3) is 5.74. The molecule has 3 aromatic rings. The van der Waals surface area contributed by atoms with Gasteiger partial charge in [0.15, 0.2) is 0 Å². The highest BCUT2D eigenvalue weighted by Crippen LogP contribution is 2.18. The molecule has 0 spiro atoms. The monoisotopic (exact) mass is 430 g/mol. The number of hydrogen-bond acceptors (Lipinski definition) is 4. The van der Waals surface area contributed by atoms with Crippen LogP contribution in [0.2, 0.25) is 0 Å². The van der Waals surface area contributed by atoms with Gasteiger partial charge in [0, 0.05) is 17.5 Å². The molecule has 0 unspecified atom stereocenters. The third-order valence-corrected chi connectivity index (χ3v) is 6.21. The van der Waals surface area contributed by atoms with Crippen LogP contribution in [0, 0.1) is 5.82 Å². The number of rotatable bonds is 8. The van der Waals surface area contributed by atoms with E-state index in [-0.39, 0.29) is 30.2 Å². The summed E-state index contributed by atoms with van der Waals surface area (Å²) in [6.07, 6.45) is 0. The van der Waals surface area contributed by atoms with Crippen LogP contribution in [0.4, 0.5) is 4.39 Å². The Morgan fingerprint density at radius 3 is 2.24 bits per heavy atom. The minimum Gasteiger partial charge on any atom is -0.332 e. The Bertz CT molecular complexity index is 922. The lowest BCUT2D eigenvalue weighted by Crippen LogP contribution is -2.45. The summed E-state index contributed by atoms with van der Waals surface area (Å²) in [5, 5.41) is 3.82. The maximum absolute atomic E-state index is 13.3. The van der Waals surface area contributed by atoms with E-state index in [0.717, 1.165) is 10.4 Å². The Hall–Kier alpha value is -2.51. The van der Waals surface area contributed by atoms with E-state index in [1.54, 1.807) is 39.3 Å². The lowest BCUT2D eigenvalue weighted by Gasteiger charge is -2.30. The van der Waals surface area contributed by atoms with Crippen LogP contribution < -0.4 is 0 Å². The van der Waals surface area contributed by atoms with Gasteiger partial charge in [-0.3, -0.25) is 9.59 Å². The van der Waals surface area contributed by atoms with Crippen LogP contribution in [0.1, 0.15) is 34.0 Å². The molecule has 0 saturated carbocycles. The van der Waals surface area contributed by atoms with Gasteiger partial charge in [-0.25, -0.2) is 4.39 Å². The van der Waals surface area contributed by atoms with Crippen molar-refractivity contribution in [3.05, 3.63) is 80.4 Å². The number of amides is 2. The summed E-state index contributed by atoms with van der Waals surface area (Å²) in [7, 11) is 0.